The lowest BCUT2D eigenvalue weighted by Crippen LogP contribution is -2.14. The van der Waals surface area contributed by atoms with Gasteiger partial charge in [-0.15, -0.1) is 10.2 Å². The van der Waals surface area contributed by atoms with E-state index in [1.807, 2.05) is 0 Å². The van der Waals surface area contributed by atoms with E-state index in [9.17, 15) is 14.7 Å². The Bertz CT molecular complexity index is 1160. The number of rotatable bonds is 10. The van der Waals surface area contributed by atoms with Crippen LogP contribution in [-0.2, 0) is 14.3 Å². The van der Waals surface area contributed by atoms with E-state index in [4.69, 9.17) is 30.2 Å². The maximum atomic E-state index is 11.7. The standard InChI is InChI=1S/C22H19ClN2O7S/c1-3-30-19(26)12-31-15-7-4-13(5-8-15)10-18(21(27)28)33-22-25-24-20(32-22)16-11-14(23)6-9-17(16)29-2/h4-11H,3,12H2,1-2H3,(H,27,28)/b18-10-. The molecule has 0 bridgehead atoms. The second-order valence-electron chi connectivity index (χ2n) is 6.30. The first-order valence-corrected chi connectivity index (χ1v) is 10.8. The number of benzene rings is 2. The van der Waals surface area contributed by atoms with Gasteiger partial charge in [-0.1, -0.05) is 23.7 Å². The summed E-state index contributed by atoms with van der Waals surface area (Å²) in [6, 6.07) is 11.5. The highest BCUT2D eigenvalue weighted by molar-refractivity contribution is 8.03. The van der Waals surface area contributed by atoms with Crippen molar-refractivity contribution in [1.82, 2.24) is 10.2 Å². The minimum absolute atomic E-state index is 0.0371. The second kappa shape index (κ2) is 11.4. The number of carboxylic acids is 1. The number of hydrogen-bond donors (Lipinski definition) is 1. The molecule has 0 amide bonds. The Balaban J connectivity index is 1.73. The van der Waals surface area contributed by atoms with Gasteiger partial charge in [0.2, 0.25) is 0 Å². The Morgan fingerprint density at radius 1 is 1.18 bits per heavy atom. The molecule has 11 heteroatoms. The number of ether oxygens (including phenoxy) is 3. The number of hydrogen-bond acceptors (Lipinski definition) is 9. The van der Waals surface area contributed by atoms with Crippen LogP contribution in [0.15, 0.2) is 57.0 Å². The van der Waals surface area contributed by atoms with Gasteiger partial charge in [-0.25, -0.2) is 9.59 Å². The van der Waals surface area contributed by atoms with Crippen LogP contribution in [0.25, 0.3) is 17.5 Å². The predicted molar refractivity (Wildman–Crippen MR) is 121 cm³/mol. The van der Waals surface area contributed by atoms with Crippen molar-refractivity contribution in [2.24, 2.45) is 0 Å². The summed E-state index contributed by atoms with van der Waals surface area (Å²) in [5.74, 6) is -0.562. The average molecular weight is 491 g/mol. The quantitative estimate of drug-likeness (QED) is 0.246. The molecule has 0 aliphatic rings. The van der Waals surface area contributed by atoms with Crippen LogP contribution in [0.2, 0.25) is 5.02 Å². The highest BCUT2D eigenvalue weighted by atomic mass is 35.5. The maximum Gasteiger partial charge on any atom is 0.344 e. The molecule has 1 heterocycles. The first-order chi connectivity index (χ1) is 15.9. The van der Waals surface area contributed by atoms with Crippen molar-refractivity contribution in [1.29, 1.82) is 0 Å². The third-order valence-corrected chi connectivity index (χ3v) is 5.13. The van der Waals surface area contributed by atoms with Crippen molar-refractivity contribution in [3.63, 3.8) is 0 Å². The number of carbonyl (C=O) groups excluding carboxylic acids is 1. The van der Waals surface area contributed by atoms with Crippen LogP contribution in [0.1, 0.15) is 12.5 Å². The van der Waals surface area contributed by atoms with Crippen molar-refractivity contribution in [2.75, 3.05) is 20.3 Å². The number of aliphatic carboxylic acids is 1. The molecule has 0 aliphatic heterocycles. The van der Waals surface area contributed by atoms with Crippen LogP contribution in [0.3, 0.4) is 0 Å². The molecule has 3 rings (SSSR count). The normalized spacial score (nSPS) is 11.2. The van der Waals surface area contributed by atoms with Crippen LogP contribution >= 0.6 is 23.4 Å². The van der Waals surface area contributed by atoms with Crippen molar-refractivity contribution >= 4 is 41.4 Å². The third kappa shape index (κ3) is 6.74. The fraction of sp³-hybridized carbons (Fsp3) is 0.182. The Morgan fingerprint density at radius 3 is 2.61 bits per heavy atom. The first-order valence-electron chi connectivity index (χ1n) is 9.58. The second-order valence-corrected chi connectivity index (χ2v) is 7.73. The number of methoxy groups -OCH3 is 1. The van der Waals surface area contributed by atoms with Gasteiger partial charge in [0.25, 0.3) is 11.1 Å². The van der Waals surface area contributed by atoms with Crippen molar-refractivity contribution in [3.05, 3.63) is 58.0 Å². The molecule has 0 fully saturated rings. The monoisotopic (exact) mass is 490 g/mol. The van der Waals surface area contributed by atoms with Crippen molar-refractivity contribution in [3.8, 4) is 23.0 Å². The van der Waals surface area contributed by atoms with Gasteiger partial charge in [0.05, 0.1) is 19.3 Å². The summed E-state index contributed by atoms with van der Waals surface area (Å²) in [6.07, 6.45) is 1.45. The number of nitrogens with zero attached hydrogens (tertiary/aromatic N) is 2. The molecule has 3 aromatic rings. The summed E-state index contributed by atoms with van der Waals surface area (Å²) >= 11 is 6.84. The molecule has 9 nitrogen and oxygen atoms in total. The van der Waals surface area contributed by atoms with Gasteiger partial charge < -0.3 is 23.7 Å². The molecule has 1 aromatic heterocycles. The van der Waals surface area contributed by atoms with E-state index >= 15 is 0 Å². The minimum Gasteiger partial charge on any atom is -0.496 e. The lowest BCUT2D eigenvalue weighted by atomic mass is 10.2. The molecular weight excluding hydrogens is 472 g/mol. The summed E-state index contributed by atoms with van der Waals surface area (Å²) < 4.78 is 21.0. The molecule has 0 unspecified atom stereocenters. The Labute approximate surface area is 198 Å². The zero-order valence-corrected chi connectivity index (χ0v) is 19.2. The summed E-state index contributed by atoms with van der Waals surface area (Å²) in [5.41, 5.74) is 1.09. The van der Waals surface area contributed by atoms with Gasteiger partial charge in [0.15, 0.2) is 6.61 Å². The van der Waals surface area contributed by atoms with E-state index in [2.05, 4.69) is 10.2 Å². The van der Waals surface area contributed by atoms with E-state index in [0.717, 1.165) is 11.8 Å². The lowest BCUT2D eigenvalue weighted by molar-refractivity contribution is -0.145. The van der Waals surface area contributed by atoms with E-state index in [-0.39, 0.29) is 29.2 Å². The molecule has 0 spiro atoms. The van der Waals surface area contributed by atoms with E-state index in [1.165, 1.54) is 13.2 Å². The number of thioether (sulfide) groups is 1. The summed E-state index contributed by atoms with van der Waals surface area (Å²) in [7, 11) is 1.50. The lowest BCUT2D eigenvalue weighted by Gasteiger charge is -2.06. The van der Waals surface area contributed by atoms with E-state index < -0.39 is 11.9 Å². The predicted octanol–water partition coefficient (Wildman–Crippen LogP) is 4.56. The Kier molecular flexibility index (Phi) is 8.34. The fourth-order valence-electron chi connectivity index (χ4n) is 2.59. The van der Waals surface area contributed by atoms with Gasteiger partial charge in [0, 0.05) is 5.02 Å². The molecular formula is C22H19ClN2O7S. The molecule has 0 aliphatic carbocycles. The van der Waals surface area contributed by atoms with E-state index in [0.29, 0.717) is 27.6 Å². The van der Waals surface area contributed by atoms with Crippen LogP contribution in [0.5, 0.6) is 11.5 Å². The fourth-order valence-corrected chi connectivity index (χ4v) is 3.44. The highest BCUT2D eigenvalue weighted by Gasteiger charge is 2.18. The summed E-state index contributed by atoms with van der Waals surface area (Å²) in [5, 5.41) is 18.0. The molecule has 33 heavy (non-hydrogen) atoms. The molecule has 0 radical (unpaired) electrons. The number of halogens is 1. The molecule has 0 saturated heterocycles. The smallest absolute Gasteiger partial charge is 0.344 e. The number of carbonyl (C=O) groups is 2. The van der Waals surface area contributed by atoms with Crippen LogP contribution in [0, 0.1) is 0 Å². The average Bonchev–Trinajstić information content (AvgIpc) is 3.26. The zero-order chi connectivity index (χ0) is 23.8. The largest absolute Gasteiger partial charge is 0.496 e. The molecule has 0 atom stereocenters. The Morgan fingerprint density at radius 2 is 1.94 bits per heavy atom. The topological polar surface area (TPSA) is 121 Å². The van der Waals surface area contributed by atoms with Gasteiger partial charge in [0.1, 0.15) is 16.4 Å². The van der Waals surface area contributed by atoms with Crippen molar-refractivity contribution in [2.45, 2.75) is 12.1 Å². The van der Waals surface area contributed by atoms with Gasteiger partial charge >= 0.3 is 11.9 Å². The third-order valence-electron chi connectivity index (χ3n) is 4.05. The SMILES string of the molecule is CCOC(=O)COc1ccc(/C=C(\Sc2nnc(-c3cc(Cl)ccc3OC)o2)C(=O)O)cc1. The van der Waals surface area contributed by atoms with Crippen LogP contribution in [0.4, 0.5) is 0 Å². The molecule has 2 aromatic carbocycles. The minimum atomic E-state index is -1.16. The number of aromatic nitrogens is 2. The molecule has 172 valence electrons. The Hall–Kier alpha value is -3.50. The van der Waals surface area contributed by atoms with Gasteiger partial charge in [-0.3, -0.25) is 0 Å². The number of esters is 1. The zero-order valence-electron chi connectivity index (χ0n) is 17.6. The van der Waals surface area contributed by atoms with Gasteiger partial charge in [-0.2, -0.15) is 0 Å². The summed E-state index contributed by atoms with van der Waals surface area (Å²) in [4.78, 5) is 23.1. The summed E-state index contributed by atoms with van der Waals surface area (Å²) in [6.45, 7) is 1.77. The van der Waals surface area contributed by atoms with Gasteiger partial charge in [-0.05, 0) is 60.7 Å². The highest BCUT2D eigenvalue weighted by Crippen LogP contribution is 2.35. The molecule has 0 saturated carbocycles. The van der Waals surface area contributed by atoms with Crippen LogP contribution < -0.4 is 9.47 Å². The number of carboxylic acid groups (broad SMARTS) is 1. The van der Waals surface area contributed by atoms with E-state index in [1.54, 1.807) is 49.4 Å². The molecule has 1 N–H and O–H groups in total. The maximum absolute atomic E-state index is 11.7. The van der Waals surface area contributed by atoms with Crippen molar-refractivity contribution < 1.29 is 33.3 Å². The first kappa shape index (κ1) is 24.1. The van der Waals surface area contributed by atoms with Crippen LogP contribution in [-0.4, -0.2) is 47.6 Å².